The summed E-state index contributed by atoms with van der Waals surface area (Å²) < 4.78 is 10.3. The van der Waals surface area contributed by atoms with E-state index < -0.39 is 11.8 Å². The zero-order valence-electron chi connectivity index (χ0n) is 14.3. The molecule has 0 aliphatic rings. The van der Waals surface area contributed by atoms with Gasteiger partial charge in [0.15, 0.2) is 11.5 Å². The Bertz CT molecular complexity index is 560. The van der Waals surface area contributed by atoms with Gasteiger partial charge in [0.1, 0.15) is 17.5 Å². The lowest BCUT2D eigenvalue weighted by Gasteiger charge is -2.39. The molecule has 1 rings (SSSR count). The highest BCUT2D eigenvalue weighted by Gasteiger charge is 2.37. The highest BCUT2D eigenvalue weighted by atomic mass is 16.5. The number of aliphatic hydroxyl groups is 1. The normalized spacial score (nSPS) is 12.7. The molecule has 0 spiro atoms. The van der Waals surface area contributed by atoms with Crippen molar-refractivity contribution in [2.75, 3.05) is 26.7 Å². The fourth-order valence-corrected chi connectivity index (χ4v) is 2.19. The molecule has 0 aromatic heterocycles. The van der Waals surface area contributed by atoms with E-state index in [-0.39, 0.29) is 23.1 Å². The lowest BCUT2D eigenvalue weighted by atomic mass is 10.0. The van der Waals surface area contributed by atoms with E-state index in [0.29, 0.717) is 5.75 Å². The summed E-state index contributed by atoms with van der Waals surface area (Å²) in [5.41, 5.74) is 2.01. The van der Waals surface area contributed by atoms with Crippen molar-refractivity contribution in [1.29, 1.82) is 0 Å². The van der Waals surface area contributed by atoms with Crippen molar-refractivity contribution in [3.05, 3.63) is 12.1 Å². The molecule has 8 heteroatoms. The number of amides is 1. The van der Waals surface area contributed by atoms with E-state index in [0.717, 1.165) is 0 Å². The molecule has 0 heterocycles. The summed E-state index contributed by atoms with van der Waals surface area (Å²) in [6.45, 7) is 4.78. The number of carbonyl (C=O) groups is 1. The Morgan fingerprint density at radius 1 is 1.30 bits per heavy atom. The van der Waals surface area contributed by atoms with Crippen LogP contribution >= 0.6 is 0 Å². The van der Waals surface area contributed by atoms with Gasteiger partial charge in [-0.25, -0.2) is 0 Å². The zero-order valence-corrected chi connectivity index (χ0v) is 14.3. The van der Waals surface area contributed by atoms with Gasteiger partial charge in [0.25, 0.3) is 0 Å². The number of methoxy groups -OCH3 is 2. The number of anilines is 1. The van der Waals surface area contributed by atoms with Gasteiger partial charge in [0, 0.05) is 19.2 Å². The minimum atomic E-state index is -1.09. The van der Waals surface area contributed by atoms with Gasteiger partial charge >= 0.3 is 0 Å². The summed E-state index contributed by atoms with van der Waals surface area (Å²) in [7, 11) is 4.41. The Morgan fingerprint density at radius 3 is 2.35 bits per heavy atom. The van der Waals surface area contributed by atoms with Crippen molar-refractivity contribution in [2.24, 2.45) is 0 Å². The molecule has 0 saturated carbocycles. The standard InChI is InChI=1S/C15H25N3O5/c1-9(19)18(15(2,3)14(21)16-4)17-11-7-10(22-5)8-12(23-6)13(11)20/h7-9,17,19-20H,1-6H3,(H,16,21). The highest BCUT2D eigenvalue weighted by Crippen LogP contribution is 2.39. The first kappa shape index (κ1) is 18.9. The second-order valence-corrected chi connectivity index (χ2v) is 5.48. The number of rotatable bonds is 7. The van der Waals surface area contributed by atoms with Gasteiger partial charge in [0.05, 0.1) is 19.9 Å². The van der Waals surface area contributed by atoms with Gasteiger partial charge in [-0.3, -0.25) is 4.79 Å². The summed E-state index contributed by atoms with van der Waals surface area (Å²) in [5.74, 6) is 0.187. The van der Waals surface area contributed by atoms with Crippen molar-refractivity contribution >= 4 is 11.6 Å². The Balaban J connectivity index is 3.27. The number of ether oxygens (including phenoxy) is 2. The Morgan fingerprint density at radius 2 is 1.91 bits per heavy atom. The average Bonchev–Trinajstić information content (AvgIpc) is 2.52. The number of nitrogens with one attached hydrogen (secondary N) is 2. The Kier molecular flexibility index (Phi) is 6.05. The number of phenolic OH excluding ortho intramolecular Hbond substituents is 1. The minimum Gasteiger partial charge on any atom is -0.503 e. The van der Waals surface area contributed by atoms with E-state index in [2.05, 4.69) is 10.7 Å². The van der Waals surface area contributed by atoms with E-state index in [4.69, 9.17) is 9.47 Å². The predicted octanol–water partition coefficient (Wildman–Crippen LogP) is 0.901. The molecule has 1 unspecified atom stereocenters. The Labute approximate surface area is 136 Å². The number of hydrogen-bond acceptors (Lipinski definition) is 7. The first-order chi connectivity index (χ1) is 10.7. The number of benzene rings is 1. The molecule has 1 atom stereocenters. The van der Waals surface area contributed by atoms with E-state index in [9.17, 15) is 15.0 Å². The monoisotopic (exact) mass is 327 g/mol. The van der Waals surface area contributed by atoms with E-state index >= 15 is 0 Å². The second-order valence-electron chi connectivity index (χ2n) is 5.48. The number of hydrazine groups is 1. The van der Waals surface area contributed by atoms with Crippen molar-refractivity contribution in [1.82, 2.24) is 10.3 Å². The van der Waals surface area contributed by atoms with Crippen LogP contribution in [-0.2, 0) is 4.79 Å². The fourth-order valence-electron chi connectivity index (χ4n) is 2.19. The molecule has 4 N–H and O–H groups in total. The predicted molar refractivity (Wildman–Crippen MR) is 86.5 cm³/mol. The third-order valence-electron chi connectivity index (χ3n) is 3.50. The third kappa shape index (κ3) is 3.96. The maximum atomic E-state index is 12.1. The molecule has 1 aromatic carbocycles. The summed E-state index contributed by atoms with van der Waals surface area (Å²) in [4.78, 5) is 12.1. The molecule has 1 amide bonds. The zero-order chi connectivity index (χ0) is 17.8. The number of carbonyl (C=O) groups excluding carboxylic acids is 1. The number of phenols is 1. The molecule has 0 aliphatic heterocycles. The van der Waals surface area contributed by atoms with Crippen molar-refractivity contribution in [3.63, 3.8) is 0 Å². The SMILES string of the molecule is CNC(=O)C(C)(C)N(Nc1cc(OC)cc(OC)c1O)C(C)O. The molecule has 23 heavy (non-hydrogen) atoms. The molecule has 0 aliphatic carbocycles. The topological polar surface area (TPSA) is 103 Å². The van der Waals surface area contributed by atoms with Crippen LogP contribution in [0.4, 0.5) is 5.69 Å². The molecule has 1 aromatic rings. The van der Waals surface area contributed by atoms with Gasteiger partial charge in [-0.05, 0) is 20.8 Å². The van der Waals surface area contributed by atoms with Crippen LogP contribution in [0, 0.1) is 0 Å². The number of nitrogens with zero attached hydrogens (tertiary/aromatic N) is 1. The van der Waals surface area contributed by atoms with Crippen molar-refractivity contribution in [2.45, 2.75) is 32.5 Å². The van der Waals surface area contributed by atoms with E-state index in [1.807, 2.05) is 0 Å². The molecule has 0 fully saturated rings. The van der Waals surface area contributed by atoms with Crippen LogP contribution < -0.4 is 20.2 Å². The molecule has 0 saturated heterocycles. The minimum absolute atomic E-state index is 0.161. The summed E-state index contributed by atoms with van der Waals surface area (Å²) in [6.07, 6.45) is -1.01. The maximum absolute atomic E-state index is 12.1. The number of hydrogen-bond donors (Lipinski definition) is 4. The van der Waals surface area contributed by atoms with Crippen LogP contribution in [0.3, 0.4) is 0 Å². The lowest BCUT2D eigenvalue weighted by molar-refractivity contribution is -0.136. The fraction of sp³-hybridized carbons (Fsp3) is 0.533. The van der Waals surface area contributed by atoms with Gasteiger partial charge in [-0.15, -0.1) is 0 Å². The van der Waals surface area contributed by atoms with Crippen LogP contribution in [-0.4, -0.2) is 54.2 Å². The van der Waals surface area contributed by atoms with E-state index in [1.165, 1.54) is 45.3 Å². The smallest absolute Gasteiger partial charge is 0.241 e. The molecule has 130 valence electrons. The highest BCUT2D eigenvalue weighted by molar-refractivity contribution is 5.85. The number of likely N-dealkylation sites (N-methyl/N-ethyl adjacent to an activating group) is 1. The third-order valence-corrected chi connectivity index (χ3v) is 3.50. The summed E-state index contributed by atoms with van der Waals surface area (Å²) in [6, 6.07) is 3.06. The maximum Gasteiger partial charge on any atom is 0.241 e. The van der Waals surface area contributed by atoms with Gasteiger partial charge < -0.3 is 30.4 Å². The summed E-state index contributed by atoms with van der Waals surface area (Å²) in [5, 5.41) is 24.1. The van der Waals surface area contributed by atoms with Gasteiger partial charge in [0.2, 0.25) is 5.91 Å². The van der Waals surface area contributed by atoms with Gasteiger partial charge in [-0.2, -0.15) is 5.01 Å². The molecule has 0 radical (unpaired) electrons. The van der Waals surface area contributed by atoms with Crippen LogP contribution in [0.5, 0.6) is 17.2 Å². The first-order valence-corrected chi connectivity index (χ1v) is 7.10. The number of aliphatic hydroxyl groups excluding tert-OH is 1. The molecular weight excluding hydrogens is 302 g/mol. The van der Waals surface area contributed by atoms with E-state index in [1.54, 1.807) is 13.8 Å². The second kappa shape index (κ2) is 7.38. The summed E-state index contributed by atoms with van der Waals surface area (Å²) >= 11 is 0. The largest absolute Gasteiger partial charge is 0.503 e. The van der Waals surface area contributed by atoms with Crippen LogP contribution in [0.25, 0.3) is 0 Å². The average molecular weight is 327 g/mol. The van der Waals surface area contributed by atoms with Crippen molar-refractivity contribution < 1.29 is 24.5 Å². The Hall–Kier alpha value is -2.19. The molecule has 8 nitrogen and oxygen atoms in total. The van der Waals surface area contributed by atoms with Crippen molar-refractivity contribution in [3.8, 4) is 17.2 Å². The molecular formula is C15H25N3O5. The first-order valence-electron chi connectivity index (χ1n) is 7.10. The van der Waals surface area contributed by atoms with Crippen LogP contribution in [0.1, 0.15) is 20.8 Å². The lowest BCUT2D eigenvalue weighted by Crippen LogP contribution is -2.59. The quantitative estimate of drug-likeness (QED) is 0.335. The van der Waals surface area contributed by atoms with Crippen LogP contribution in [0.15, 0.2) is 12.1 Å². The molecule has 0 bridgehead atoms. The van der Waals surface area contributed by atoms with Crippen LogP contribution in [0.2, 0.25) is 0 Å². The number of aromatic hydroxyl groups is 1. The van der Waals surface area contributed by atoms with Gasteiger partial charge in [-0.1, -0.05) is 0 Å².